The number of hydrogen-bond acceptors (Lipinski definition) is 5. The molecule has 0 saturated carbocycles. The maximum absolute atomic E-state index is 12.6. The summed E-state index contributed by atoms with van der Waals surface area (Å²) in [4.78, 5) is 47.8. The highest BCUT2D eigenvalue weighted by Crippen LogP contribution is 2.29. The molecule has 162 valence electrons. The molecule has 0 fully saturated rings. The number of ketones is 1. The third-order valence-electron chi connectivity index (χ3n) is 3.87. The van der Waals surface area contributed by atoms with Crippen molar-refractivity contribution >= 4 is 29.3 Å². The minimum Gasteiger partial charge on any atom is -0.485 e. The fraction of sp³-hybridized carbons (Fsp3) is 0.150. The monoisotopic (exact) mass is 437 g/mol. The molecule has 0 unspecified atom stereocenters. The van der Waals surface area contributed by atoms with Crippen LogP contribution >= 0.6 is 0 Å². The molecular formula is C20H14F3NO7. The number of ether oxygens (including phenoxy) is 1. The standard InChI is InChI=1S/C20H14F3NO7/c21-20(22,23)13-5-3-12(4-6-13)16(25)10-31-14-7-1-11(2-8-14)9-15(18(27)28)24-17(26)19(29)30/h1-8H,9-10H2,(H,27,28)(H,29,30). The number of carboxylic acids is 2. The van der Waals surface area contributed by atoms with Crippen molar-refractivity contribution in [2.75, 3.05) is 6.61 Å². The lowest BCUT2D eigenvalue weighted by atomic mass is 10.1. The molecule has 0 heterocycles. The minimum atomic E-state index is -4.51. The normalized spacial score (nSPS) is 11.6. The fourth-order valence-electron chi connectivity index (χ4n) is 2.31. The van der Waals surface area contributed by atoms with E-state index in [1.165, 1.54) is 24.3 Å². The van der Waals surface area contributed by atoms with Crippen molar-refractivity contribution in [3.05, 3.63) is 65.2 Å². The van der Waals surface area contributed by atoms with Gasteiger partial charge in [0.15, 0.2) is 12.4 Å². The molecule has 11 heteroatoms. The van der Waals surface area contributed by atoms with E-state index in [1.807, 2.05) is 0 Å². The van der Waals surface area contributed by atoms with Gasteiger partial charge in [0.2, 0.25) is 0 Å². The van der Waals surface area contributed by atoms with Crippen molar-refractivity contribution in [2.24, 2.45) is 4.99 Å². The van der Waals surface area contributed by atoms with Gasteiger partial charge in [0.05, 0.1) is 5.56 Å². The molecule has 0 aliphatic heterocycles. The number of hydrogen-bond donors (Lipinski definition) is 2. The summed E-state index contributed by atoms with van der Waals surface area (Å²) in [7, 11) is 0. The Morgan fingerprint density at radius 2 is 1.45 bits per heavy atom. The number of Topliss-reactive ketones (excluding diaryl/α,β-unsaturated/α-hetero) is 1. The Bertz CT molecular complexity index is 1030. The van der Waals surface area contributed by atoms with E-state index in [4.69, 9.17) is 14.9 Å². The topological polar surface area (TPSA) is 130 Å². The summed E-state index contributed by atoms with van der Waals surface area (Å²) in [6.45, 7) is -0.445. The van der Waals surface area contributed by atoms with Crippen LogP contribution in [0.2, 0.25) is 0 Å². The molecule has 0 atom stereocenters. The van der Waals surface area contributed by atoms with Crippen molar-refractivity contribution in [1.29, 1.82) is 0 Å². The van der Waals surface area contributed by atoms with Crippen LogP contribution in [0.5, 0.6) is 5.75 Å². The molecule has 0 aliphatic carbocycles. The van der Waals surface area contributed by atoms with Gasteiger partial charge in [-0.2, -0.15) is 18.2 Å². The predicted molar refractivity (Wildman–Crippen MR) is 99.1 cm³/mol. The summed E-state index contributed by atoms with van der Waals surface area (Å²) in [6, 6.07) is 9.30. The number of amides is 1. The van der Waals surface area contributed by atoms with E-state index < -0.39 is 47.7 Å². The molecule has 2 aromatic rings. The van der Waals surface area contributed by atoms with Crippen molar-refractivity contribution in [3.63, 3.8) is 0 Å². The van der Waals surface area contributed by atoms with Crippen molar-refractivity contribution in [2.45, 2.75) is 12.6 Å². The molecule has 0 radical (unpaired) electrons. The van der Waals surface area contributed by atoms with Crippen LogP contribution in [0.1, 0.15) is 21.5 Å². The average molecular weight is 437 g/mol. The Balaban J connectivity index is 1.99. The summed E-state index contributed by atoms with van der Waals surface area (Å²) < 4.78 is 42.9. The van der Waals surface area contributed by atoms with Gasteiger partial charge >= 0.3 is 24.0 Å². The van der Waals surface area contributed by atoms with E-state index in [2.05, 4.69) is 4.99 Å². The number of alkyl halides is 3. The number of halogens is 3. The first-order valence-electron chi connectivity index (χ1n) is 8.47. The van der Waals surface area contributed by atoms with Crippen LogP contribution < -0.4 is 4.74 Å². The molecule has 2 aromatic carbocycles. The number of rotatable bonds is 7. The number of aliphatic imine (C=N–C) groups is 1. The highest BCUT2D eigenvalue weighted by molar-refractivity contribution is 6.43. The Kier molecular flexibility index (Phi) is 7.24. The lowest BCUT2D eigenvalue weighted by molar-refractivity contribution is -0.148. The first-order chi connectivity index (χ1) is 14.5. The number of carboxylic acid groups (broad SMARTS) is 2. The first kappa shape index (κ1) is 23.3. The zero-order valence-corrected chi connectivity index (χ0v) is 15.5. The molecule has 0 spiro atoms. The van der Waals surface area contributed by atoms with Gasteiger partial charge in [0.25, 0.3) is 0 Å². The van der Waals surface area contributed by atoms with Crippen LogP contribution in [0, 0.1) is 0 Å². The van der Waals surface area contributed by atoms with Gasteiger partial charge in [-0.1, -0.05) is 24.3 Å². The predicted octanol–water partition coefficient (Wildman–Crippen LogP) is 2.65. The second-order valence-corrected chi connectivity index (χ2v) is 6.08. The van der Waals surface area contributed by atoms with Crippen LogP contribution in [0.3, 0.4) is 0 Å². The number of carbonyl (C=O) groups is 4. The lowest BCUT2D eigenvalue weighted by Gasteiger charge is -2.09. The van der Waals surface area contributed by atoms with Crippen molar-refractivity contribution in [1.82, 2.24) is 0 Å². The molecule has 0 aromatic heterocycles. The maximum atomic E-state index is 12.6. The maximum Gasteiger partial charge on any atom is 0.416 e. The van der Waals surface area contributed by atoms with Crippen LogP contribution in [0.4, 0.5) is 13.2 Å². The third-order valence-corrected chi connectivity index (χ3v) is 3.87. The van der Waals surface area contributed by atoms with Crippen molar-refractivity contribution in [3.8, 4) is 5.75 Å². The molecule has 0 aliphatic rings. The minimum absolute atomic E-state index is 0.0371. The number of aliphatic carboxylic acids is 2. The number of nitrogens with zero attached hydrogens (tertiary/aromatic N) is 1. The summed E-state index contributed by atoms with van der Waals surface area (Å²) in [5.74, 6) is -5.39. The number of benzene rings is 2. The molecule has 2 N–H and O–H groups in total. The van der Waals surface area contributed by atoms with E-state index in [9.17, 15) is 32.3 Å². The molecule has 1 amide bonds. The summed E-state index contributed by atoms with van der Waals surface area (Å²) in [6.07, 6.45) is -4.84. The Morgan fingerprint density at radius 1 is 0.871 bits per heavy atom. The fourth-order valence-corrected chi connectivity index (χ4v) is 2.31. The molecule has 0 saturated heterocycles. The molecular weight excluding hydrogens is 423 g/mol. The zero-order chi connectivity index (χ0) is 23.2. The third kappa shape index (κ3) is 6.77. The largest absolute Gasteiger partial charge is 0.485 e. The van der Waals surface area contributed by atoms with Gasteiger partial charge in [-0.3, -0.25) is 9.59 Å². The SMILES string of the molecule is O=C(O)C(=O)N=C(Cc1ccc(OCC(=O)c2ccc(C(F)(F)F)cc2)cc1)C(=O)O. The van der Waals surface area contributed by atoms with Crippen LogP contribution in [-0.4, -0.2) is 46.2 Å². The van der Waals surface area contributed by atoms with E-state index in [0.717, 1.165) is 24.3 Å². The Morgan fingerprint density at radius 3 is 1.94 bits per heavy atom. The molecule has 8 nitrogen and oxygen atoms in total. The van der Waals surface area contributed by atoms with Gasteiger partial charge < -0.3 is 14.9 Å². The molecule has 31 heavy (non-hydrogen) atoms. The second kappa shape index (κ2) is 9.65. The molecule has 2 rings (SSSR count). The molecule has 0 bridgehead atoms. The van der Waals surface area contributed by atoms with E-state index in [0.29, 0.717) is 5.56 Å². The van der Waals surface area contributed by atoms with Crippen LogP contribution in [0.15, 0.2) is 53.5 Å². The highest BCUT2D eigenvalue weighted by atomic mass is 19.4. The summed E-state index contributed by atoms with van der Waals surface area (Å²) >= 11 is 0. The lowest BCUT2D eigenvalue weighted by Crippen LogP contribution is -2.21. The van der Waals surface area contributed by atoms with E-state index in [-0.39, 0.29) is 17.7 Å². The van der Waals surface area contributed by atoms with E-state index >= 15 is 0 Å². The smallest absolute Gasteiger partial charge is 0.416 e. The van der Waals surface area contributed by atoms with Gasteiger partial charge in [-0.05, 0) is 29.8 Å². The highest BCUT2D eigenvalue weighted by Gasteiger charge is 2.30. The average Bonchev–Trinajstić information content (AvgIpc) is 2.71. The van der Waals surface area contributed by atoms with Crippen LogP contribution in [-0.2, 0) is 27.0 Å². The van der Waals surface area contributed by atoms with Gasteiger partial charge in [0, 0.05) is 12.0 Å². The van der Waals surface area contributed by atoms with Gasteiger partial charge in [-0.15, -0.1) is 0 Å². The van der Waals surface area contributed by atoms with Crippen molar-refractivity contribution < 1.29 is 47.3 Å². The quantitative estimate of drug-likeness (QED) is 0.387. The number of carbonyl (C=O) groups excluding carboxylic acids is 2. The second-order valence-electron chi connectivity index (χ2n) is 6.08. The Labute approximate surface area is 172 Å². The first-order valence-corrected chi connectivity index (χ1v) is 8.47. The van der Waals surface area contributed by atoms with Crippen LogP contribution in [0.25, 0.3) is 0 Å². The van der Waals surface area contributed by atoms with Gasteiger partial charge in [0.1, 0.15) is 11.5 Å². The zero-order valence-electron chi connectivity index (χ0n) is 15.5. The summed E-state index contributed by atoms with van der Waals surface area (Å²) in [5.41, 5.74) is -1.13. The Hall–Kier alpha value is -4.02. The summed E-state index contributed by atoms with van der Waals surface area (Å²) in [5, 5.41) is 17.5. The van der Waals surface area contributed by atoms with E-state index in [1.54, 1.807) is 0 Å². The van der Waals surface area contributed by atoms with Gasteiger partial charge in [-0.25, -0.2) is 9.59 Å².